The SMILES string of the molecule is COCCOCCOCCOCCC[Si](C)(C)Cl. The quantitative estimate of drug-likeness (QED) is 0.297. The minimum absolute atomic E-state index is 0.606. The van der Waals surface area contributed by atoms with Gasteiger partial charge in [0.1, 0.15) is 0 Å². The third kappa shape index (κ3) is 16.3. The number of hydrogen-bond donors (Lipinski definition) is 0. The van der Waals surface area contributed by atoms with Crippen molar-refractivity contribution >= 4 is 18.5 Å². The highest BCUT2D eigenvalue weighted by Crippen LogP contribution is 2.15. The van der Waals surface area contributed by atoms with Gasteiger partial charge >= 0.3 is 0 Å². The molecule has 0 aromatic heterocycles. The molecule has 0 spiro atoms. The first-order chi connectivity index (χ1) is 8.56. The van der Waals surface area contributed by atoms with Gasteiger partial charge in [0.15, 0.2) is 7.38 Å². The Morgan fingerprint density at radius 1 is 0.778 bits per heavy atom. The molecule has 0 fully saturated rings. The van der Waals surface area contributed by atoms with Gasteiger partial charge in [0.05, 0.1) is 39.6 Å². The average Bonchev–Trinajstić information content (AvgIpc) is 2.29. The second-order valence-corrected chi connectivity index (χ2v) is 11.7. The van der Waals surface area contributed by atoms with E-state index in [1.165, 1.54) is 0 Å². The molecular formula is C12H27ClO4Si. The minimum Gasteiger partial charge on any atom is -0.382 e. The van der Waals surface area contributed by atoms with Crippen LogP contribution in [-0.2, 0) is 18.9 Å². The molecule has 0 aromatic rings. The first kappa shape index (κ1) is 18.3. The average molecular weight is 299 g/mol. The Labute approximate surface area is 117 Å². The fourth-order valence-electron chi connectivity index (χ4n) is 1.28. The summed E-state index contributed by atoms with van der Waals surface area (Å²) in [5.74, 6) is 0. The molecular weight excluding hydrogens is 272 g/mol. The normalized spacial score (nSPS) is 12.0. The summed E-state index contributed by atoms with van der Waals surface area (Å²) in [5, 5.41) is 0. The highest BCUT2D eigenvalue weighted by atomic mass is 35.6. The first-order valence-electron chi connectivity index (χ1n) is 6.47. The smallest absolute Gasteiger partial charge is 0.150 e. The lowest BCUT2D eigenvalue weighted by atomic mass is 10.5. The Morgan fingerprint density at radius 2 is 1.22 bits per heavy atom. The van der Waals surface area contributed by atoms with Crippen molar-refractivity contribution in [2.24, 2.45) is 0 Å². The van der Waals surface area contributed by atoms with Crippen LogP contribution < -0.4 is 0 Å². The topological polar surface area (TPSA) is 36.9 Å². The van der Waals surface area contributed by atoms with Crippen molar-refractivity contribution in [3.05, 3.63) is 0 Å². The maximum absolute atomic E-state index is 6.20. The second-order valence-electron chi connectivity index (χ2n) is 4.65. The predicted octanol–water partition coefficient (Wildman–Crippen LogP) is 2.52. The number of halogens is 1. The lowest BCUT2D eigenvalue weighted by Crippen LogP contribution is -2.17. The van der Waals surface area contributed by atoms with E-state index in [-0.39, 0.29) is 0 Å². The van der Waals surface area contributed by atoms with Gasteiger partial charge in [0.25, 0.3) is 0 Å². The number of rotatable bonds is 13. The van der Waals surface area contributed by atoms with Crippen LogP contribution in [0.4, 0.5) is 0 Å². The second kappa shape index (κ2) is 12.4. The van der Waals surface area contributed by atoms with Crippen molar-refractivity contribution in [1.82, 2.24) is 0 Å². The lowest BCUT2D eigenvalue weighted by molar-refractivity contribution is 0.00376. The molecule has 0 rings (SSSR count). The maximum Gasteiger partial charge on any atom is 0.150 e. The molecule has 18 heavy (non-hydrogen) atoms. The summed E-state index contributed by atoms with van der Waals surface area (Å²) >= 11 is 6.20. The summed E-state index contributed by atoms with van der Waals surface area (Å²) < 4.78 is 20.9. The molecule has 4 nitrogen and oxygen atoms in total. The molecule has 0 saturated heterocycles. The lowest BCUT2D eigenvalue weighted by Gasteiger charge is -2.12. The molecule has 0 unspecified atom stereocenters. The summed E-state index contributed by atoms with van der Waals surface area (Å²) in [7, 11) is 0.237. The number of hydrogen-bond acceptors (Lipinski definition) is 4. The van der Waals surface area contributed by atoms with Gasteiger partial charge in [-0.3, -0.25) is 0 Å². The highest BCUT2D eigenvalue weighted by Gasteiger charge is 2.15. The van der Waals surface area contributed by atoms with Crippen molar-refractivity contribution in [3.63, 3.8) is 0 Å². The molecule has 0 atom stereocenters. The molecule has 110 valence electrons. The molecule has 0 heterocycles. The van der Waals surface area contributed by atoms with Crippen LogP contribution in [0.1, 0.15) is 6.42 Å². The standard InChI is InChI=1S/C12H27ClO4Si/c1-14-6-7-16-10-11-17-9-8-15-5-4-12-18(2,3)13/h4-12H2,1-3H3. The molecule has 0 aliphatic carbocycles. The van der Waals surface area contributed by atoms with E-state index in [9.17, 15) is 0 Å². The minimum atomic E-state index is -1.42. The van der Waals surface area contributed by atoms with E-state index in [1.54, 1.807) is 7.11 Å². The number of ether oxygens (including phenoxy) is 4. The monoisotopic (exact) mass is 298 g/mol. The largest absolute Gasteiger partial charge is 0.382 e. The van der Waals surface area contributed by atoms with E-state index in [1.807, 2.05) is 0 Å². The van der Waals surface area contributed by atoms with Gasteiger partial charge in [-0.1, -0.05) is 13.1 Å². The summed E-state index contributed by atoms with van der Waals surface area (Å²) in [5.41, 5.74) is 0. The predicted molar refractivity (Wildman–Crippen MR) is 77.1 cm³/mol. The summed E-state index contributed by atoms with van der Waals surface area (Å²) in [6.45, 7) is 8.80. The summed E-state index contributed by atoms with van der Waals surface area (Å²) in [4.78, 5) is 0. The van der Waals surface area contributed by atoms with Crippen LogP contribution in [0, 0.1) is 0 Å². The van der Waals surface area contributed by atoms with E-state index in [4.69, 9.17) is 30.0 Å². The van der Waals surface area contributed by atoms with E-state index < -0.39 is 7.38 Å². The van der Waals surface area contributed by atoms with E-state index >= 15 is 0 Å². The molecule has 0 bridgehead atoms. The fourth-order valence-corrected chi connectivity index (χ4v) is 2.66. The van der Waals surface area contributed by atoms with Crippen molar-refractivity contribution in [3.8, 4) is 0 Å². The van der Waals surface area contributed by atoms with Gasteiger partial charge in [-0.25, -0.2) is 0 Å². The van der Waals surface area contributed by atoms with Crippen LogP contribution in [0.5, 0.6) is 0 Å². The van der Waals surface area contributed by atoms with Gasteiger partial charge in [-0.05, 0) is 12.5 Å². The molecule has 0 amide bonds. The molecule has 0 aliphatic rings. The molecule has 0 saturated carbocycles. The van der Waals surface area contributed by atoms with Crippen molar-refractivity contribution in [1.29, 1.82) is 0 Å². The molecule has 0 N–H and O–H groups in total. The highest BCUT2D eigenvalue weighted by molar-refractivity contribution is 7.19. The Hall–Kier alpha value is 0.347. The molecule has 0 radical (unpaired) electrons. The van der Waals surface area contributed by atoms with Crippen LogP contribution in [0.3, 0.4) is 0 Å². The summed E-state index contributed by atoms with van der Waals surface area (Å²) in [6.07, 6.45) is 1.04. The zero-order chi connectivity index (χ0) is 13.7. The van der Waals surface area contributed by atoms with Crippen molar-refractivity contribution in [2.75, 3.05) is 53.4 Å². The van der Waals surface area contributed by atoms with Crippen LogP contribution >= 0.6 is 11.1 Å². The van der Waals surface area contributed by atoms with Crippen LogP contribution in [0.25, 0.3) is 0 Å². The van der Waals surface area contributed by atoms with Gasteiger partial charge in [-0.15, -0.1) is 0 Å². The van der Waals surface area contributed by atoms with Crippen LogP contribution in [-0.4, -0.2) is 60.7 Å². The Morgan fingerprint density at radius 3 is 1.67 bits per heavy atom. The fraction of sp³-hybridized carbons (Fsp3) is 1.00. The zero-order valence-corrected chi connectivity index (χ0v) is 13.6. The number of methoxy groups -OCH3 is 1. The Bertz CT molecular complexity index is 176. The van der Waals surface area contributed by atoms with Crippen LogP contribution in [0.2, 0.25) is 19.1 Å². The van der Waals surface area contributed by atoms with Gasteiger partial charge < -0.3 is 18.9 Å². The van der Waals surface area contributed by atoms with Gasteiger partial charge in [0, 0.05) is 13.7 Å². The van der Waals surface area contributed by atoms with Crippen molar-refractivity contribution < 1.29 is 18.9 Å². The molecule has 0 aliphatic heterocycles. The van der Waals surface area contributed by atoms with Crippen LogP contribution in [0.15, 0.2) is 0 Å². The van der Waals surface area contributed by atoms with E-state index in [0.717, 1.165) is 19.1 Å². The molecule has 0 aromatic carbocycles. The first-order valence-corrected chi connectivity index (χ1v) is 10.7. The maximum atomic E-state index is 6.20. The Kier molecular flexibility index (Phi) is 12.6. The third-order valence-electron chi connectivity index (χ3n) is 2.24. The van der Waals surface area contributed by atoms with Gasteiger partial charge in [-0.2, -0.15) is 11.1 Å². The zero-order valence-electron chi connectivity index (χ0n) is 11.9. The van der Waals surface area contributed by atoms with E-state index in [2.05, 4.69) is 13.1 Å². The Balaban J connectivity index is 2.99. The third-order valence-corrected chi connectivity index (χ3v) is 4.35. The van der Waals surface area contributed by atoms with Gasteiger partial charge in [0.2, 0.25) is 0 Å². The summed E-state index contributed by atoms with van der Waals surface area (Å²) in [6, 6.07) is 1.10. The molecule has 6 heteroatoms. The van der Waals surface area contributed by atoms with E-state index in [0.29, 0.717) is 39.6 Å². The van der Waals surface area contributed by atoms with Crippen molar-refractivity contribution in [2.45, 2.75) is 25.6 Å².